The van der Waals surface area contributed by atoms with Gasteiger partial charge in [-0.2, -0.15) is 5.26 Å². The molecular formula is C20H21Cl2N5. The summed E-state index contributed by atoms with van der Waals surface area (Å²) in [4.78, 5) is 7.31. The molecule has 0 amide bonds. The molecule has 0 aliphatic carbocycles. The van der Waals surface area contributed by atoms with E-state index in [9.17, 15) is 0 Å². The predicted octanol–water partition coefficient (Wildman–Crippen LogP) is 4.34. The zero-order chi connectivity index (χ0) is 18.2. The molecule has 2 aromatic carbocycles. The highest BCUT2D eigenvalue weighted by molar-refractivity contribution is 6.30. The number of H-pyrrole nitrogens is 1. The van der Waals surface area contributed by atoms with Gasteiger partial charge in [0.2, 0.25) is 0 Å². The van der Waals surface area contributed by atoms with Gasteiger partial charge in [0.05, 0.1) is 29.7 Å². The second kappa shape index (κ2) is 10.6. The van der Waals surface area contributed by atoms with Crippen LogP contribution in [0.4, 0.5) is 5.69 Å². The summed E-state index contributed by atoms with van der Waals surface area (Å²) >= 11 is 6.00. The zero-order valence-electron chi connectivity index (χ0n) is 14.7. The number of nitrogens with zero attached hydrogens (tertiary/aromatic N) is 2. The lowest BCUT2D eigenvalue weighted by Gasteiger charge is -2.18. The number of nitrogens with one attached hydrogen (secondary N) is 3. The Labute approximate surface area is 170 Å². The van der Waals surface area contributed by atoms with E-state index >= 15 is 0 Å². The summed E-state index contributed by atoms with van der Waals surface area (Å²) in [5.74, 6) is 0. The smallest absolute Gasteiger partial charge is 0.0991 e. The van der Waals surface area contributed by atoms with Gasteiger partial charge in [-0.15, -0.1) is 12.4 Å². The third kappa shape index (κ3) is 6.30. The average Bonchev–Trinajstić information content (AvgIpc) is 3.19. The number of benzene rings is 2. The highest BCUT2D eigenvalue weighted by atomic mass is 35.5. The van der Waals surface area contributed by atoms with Crippen molar-refractivity contribution in [3.63, 3.8) is 0 Å². The van der Waals surface area contributed by atoms with Crippen molar-refractivity contribution in [2.24, 2.45) is 0 Å². The van der Waals surface area contributed by atoms with Gasteiger partial charge in [-0.3, -0.25) is 0 Å². The first-order valence-corrected chi connectivity index (χ1v) is 8.82. The van der Waals surface area contributed by atoms with Gasteiger partial charge < -0.3 is 15.6 Å². The van der Waals surface area contributed by atoms with Crippen molar-refractivity contribution in [3.05, 3.63) is 82.9 Å². The normalized spacial score (nSPS) is 11.3. The van der Waals surface area contributed by atoms with Gasteiger partial charge in [0.25, 0.3) is 0 Å². The van der Waals surface area contributed by atoms with Crippen LogP contribution >= 0.6 is 24.0 Å². The number of hydrogen-bond acceptors (Lipinski definition) is 4. The fourth-order valence-corrected chi connectivity index (χ4v) is 2.94. The van der Waals surface area contributed by atoms with E-state index in [0.29, 0.717) is 5.56 Å². The van der Waals surface area contributed by atoms with E-state index in [4.69, 9.17) is 16.9 Å². The summed E-state index contributed by atoms with van der Waals surface area (Å²) in [5.41, 5.74) is 3.88. The van der Waals surface area contributed by atoms with Crippen molar-refractivity contribution in [2.45, 2.75) is 12.5 Å². The van der Waals surface area contributed by atoms with Gasteiger partial charge >= 0.3 is 0 Å². The van der Waals surface area contributed by atoms with E-state index < -0.39 is 0 Å². The predicted molar refractivity (Wildman–Crippen MR) is 111 cm³/mol. The molecule has 0 saturated carbocycles. The minimum atomic E-state index is 0. The minimum absolute atomic E-state index is 0. The van der Waals surface area contributed by atoms with Crippen LogP contribution in [-0.2, 0) is 6.42 Å². The van der Waals surface area contributed by atoms with Crippen molar-refractivity contribution < 1.29 is 0 Å². The molecule has 7 heteroatoms. The SMILES string of the molecule is Cl.N#Cc1ccc(CC(NCCNc2cccc(Cl)c2)c2cnc[nH]2)cc1. The third-order valence-corrected chi connectivity index (χ3v) is 4.32. The number of nitriles is 1. The molecule has 1 heterocycles. The summed E-state index contributed by atoms with van der Waals surface area (Å²) in [5, 5.41) is 16.6. The number of imidazole rings is 1. The third-order valence-electron chi connectivity index (χ3n) is 4.09. The Morgan fingerprint density at radius 3 is 2.63 bits per heavy atom. The summed E-state index contributed by atoms with van der Waals surface area (Å²) in [6.07, 6.45) is 4.34. The zero-order valence-corrected chi connectivity index (χ0v) is 16.2. The Morgan fingerprint density at radius 1 is 1.15 bits per heavy atom. The maximum Gasteiger partial charge on any atom is 0.0991 e. The van der Waals surface area contributed by atoms with Gasteiger partial charge in [0.1, 0.15) is 0 Å². The molecule has 3 rings (SSSR count). The average molecular weight is 402 g/mol. The van der Waals surface area contributed by atoms with Crippen LogP contribution in [0.15, 0.2) is 61.1 Å². The van der Waals surface area contributed by atoms with Crippen LogP contribution < -0.4 is 10.6 Å². The van der Waals surface area contributed by atoms with E-state index in [1.165, 1.54) is 5.56 Å². The monoisotopic (exact) mass is 401 g/mol. The Bertz CT molecular complexity index is 857. The topological polar surface area (TPSA) is 76.5 Å². The maximum atomic E-state index is 8.92. The minimum Gasteiger partial charge on any atom is -0.384 e. The first-order chi connectivity index (χ1) is 12.7. The molecule has 0 aliphatic heterocycles. The molecule has 27 heavy (non-hydrogen) atoms. The Hall–Kier alpha value is -2.52. The van der Waals surface area contributed by atoms with Crippen LogP contribution in [0.25, 0.3) is 0 Å². The lowest BCUT2D eigenvalue weighted by atomic mass is 10.0. The number of aromatic amines is 1. The summed E-state index contributed by atoms with van der Waals surface area (Å²) < 4.78 is 0. The first-order valence-electron chi connectivity index (χ1n) is 8.45. The van der Waals surface area contributed by atoms with Crippen molar-refractivity contribution in [1.82, 2.24) is 15.3 Å². The summed E-state index contributed by atoms with van der Waals surface area (Å²) in [6.45, 7) is 1.56. The van der Waals surface area contributed by atoms with Crippen LogP contribution in [0.3, 0.4) is 0 Å². The number of hydrogen-bond donors (Lipinski definition) is 3. The number of aromatic nitrogens is 2. The number of rotatable bonds is 8. The van der Waals surface area contributed by atoms with Crippen LogP contribution in [0, 0.1) is 11.3 Å². The van der Waals surface area contributed by atoms with Gasteiger partial charge in [-0.05, 0) is 42.3 Å². The highest BCUT2D eigenvalue weighted by Crippen LogP contribution is 2.17. The number of anilines is 1. The molecule has 0 saturated heterocycles. The molecular weight excluding hydrogens is 381 g/mol. The lowest BCUT2D eigenvalue weighted by Crippen LogP contribution is -2.28. The molecule has 1 atom stereocenters. The molecule has 5 nitrogen and oxygen atoms in total. The maximum absolute atomic E-state index is 8.92. The molecule has 140 valence electrons. The summed E-state index contributed by atoms with van der Waals surface area (Å²) in [7, 11) is 0. The standard InChI is InChI=1S/C20H20ClN5.ClH/c21-17-2-1-3-18(11-17)24-8-9-25-19(20-13-23-14-26-20)10-15-4-6-16(12-22)7-5-15;/h1-7,11,13-14,19,24-25H,8-10H2,(H,23,26);1H. The molecule has 0 fully saturated rings. The van der Waals surface area contributed by atoms with Gasteiger partial charge in [-0.1, -0.05) is 29.8 Å². The molecule has 0 aliphatic rings. The fraction of sp³-hybridized carbons (Fsp3) is 0.200. The second-order valence-corrected chi connectivity index (χ2v) is 6.40. The fourth-order valence-electron chi connectivity index (χ4n) is 2.75. The molecule has 0 radical (unpaired) electrons. The molecule has 3 aromatic rings. The lowest BCUT2D eigenvalue weighted by molar-refractivity contribution is 0.532. The molecule has 1 unspecified atom stereocenters. The van der Waals surface area contributed by atoms with Gasteiger partial charge in [0.15, 0.2) is 0 Å². The quantitative estimate of drug-likeness (QED) is 0.490. The van der Waals surface area contributed by atoms with Gasteiger partial charge in [0, 0.05) is 30.0 Å². The first kappa shape index (κ1) is 20.8. The highest BCUT2D eigenvalue weighted by Gasteiger charge is 2.13. The number of halogens is 2. The Kier molecular flexibility index (Phi) is 8.15. The van der Waals surface area contributed by atoms with Crippen LogP contribution in [0.5, 0.6) is 0 Å². The second-order valence-electron chi connectivity index (χ2n) is 5.96. The Morgan fingerprint density at radius 2 is 1.96 bits per heavy atom. The van der Waals surface area contributed by atoms with Crippen molar-refractivity contribution in [3.8, 4) is 6.07 Å². The molecule has 0 spiro atoms. The van der Waals surface area contributed by atoms with E-state index in [1.54, 1.807) is 6.33 Å². The molecule has 3 N–H and O–H groups in total. The summed E-state index contributed by atoms with van der Waals surface area (Å²) in [6, 6.07) is 17.6. The van der Waals surface area contributed by atoms with Gasteiger partial charge in [-0.25, -0.2) is 4.98 Å². The largest absolute Gasteiger partial charge is 0.384 e. The molecule has 1 aromatic heterocycles. The van der Waals surface area contributed by atoms with Crippen LogP contribution in [-0.4, -0.2) is 23.1 Å². The Balaban J connectivity index is 0.00000261. The van der Waals surface area contributed by atoms with E-state index in [1.807, 2.05) is 54.7 Å². The van der Waals surface area contributed by atoms with E-state index in [0.717, 1.165) is 35.9 Å². The van der Waals surface area contributed by atoms with Crippen molar-refractivity contribution in [2.75, 3.05) is 18.4 Å². The molecule has 0 bridgehead atoms. The van der Waals surface area contributed by atoms with Crippen molar-refractivity contribution in [1.29, 1.82) is 5.26 Å². The van der Waals surface area contributed by atoms with Crippen LogP contribution in [0.1, 0.15) is 22.9 Å². The van der Waals surface area contributed by atoms with E-state index in [2.05, 4.69) is 26.7 Å². The van der Waals surface area contributed by atoms with E-state index in [-0.39, 0.29) is 18.4 Å². The van der Waals surface area contributed by atoms with Crippen LogP contribution in [0.2, 0.25) is 5.02 Å². The van der Waals surface area contributed by atoms with Crippen molar-refractivity contribution >= 4 is 29.7 Å².